The minimum Gasteiger partial charge on any atom is -0.323 e. The van der Waals surface area contributed by atoms with Gasteiger partial charge in [-0.05, 0) is 37.2 Å². The Morgan fingerprint density at radius 3 is 2.26 bits per heavy atom. The number of carbonyl (C=O) groups excluding carboxylic acids is 3. The lowest BCUT2D eigenvalue weighted by Gasteiger charge is -2.30. The Balaban J connectivity index is 1.42. The maximum Gasteiger partial charge on any atom is 0.325 e. The summed E-state index contributed by atoms with van der Waals surface area (Å²) in [6.45, 7) is -0.171. The van der Waals surface area contributed by atoms with Crippen LogP contribution in [0.2, 0.25) is 0 Å². The highest BCUT2D eigenvalue weighted by Gasteiger charge is 2.51. The van der Waals surface area contributed by atoms with Gasteiger partial charge >= 0.3 is 6.03 Å². The Morgan fingerprint density at radius 1 is 0.963 bits per heavy atom. The van der Waals surface area contributed by atoms with E-state index in [0.29, 0.717) is 24.3 Å². The van der Waals surface area contributed by atoms with Gasteiger partial charge in [0, 0.05) is 5.56 Å². The molecule has 0 radical (unpaired) electrons. The van der Waals surface area contributed by atoms with E-state index in [-0.39, 0.29) is 18.2 Å². The molecule has 5 heteroatoms. The minimum absolute atomic E-state index is 0.171. The molecule has 2 saturated carbocycles. The molecule has 2 aliphatic carbocycles. The summed E-state index contributed by atoms with van der Waals surface area (Å²) in [5.41, 5.74) is 1.10. The summed E-state index contributed by atoms with van der Waals surface area (Å²) in [6, 6.07) is 7.35. The van der Waals surface area contributed by atoms with Crippen molar-refractivity contribution < 1.29 is 14.4 Å². The fourth-order valence-electron chi connectivity index (χ4n) is 4.93. The lowest BCUT2D eigenvalue weighted by molar-refractivity contribution is -0.132. The molecular formula is C22H28N2O3. The first-order chi connectivity index (χ1) is 13.1. The average Bonchev–Trinajstić information content (AvgIpc) is 2.93. The summed E-state index contributed by atoms with van der Waals surface area (Å²) in [4.78, 5) is 38.9. The van der Waals surface area contributed by atoms with E-state index in [1.165, 1.54) is 37.7 Å². The zero-order chi connectivity index (χ0) is 18.9. The summed E-state index contributed by atoms with van der Waals surface area (Å²) >= 11 is 0. The summed E-state index contributed by atoms with van der Waals surface area (Å²) in [5.74, 6) is 0.195. The van der Waals surface area contributed by atoms with Crippen molar-refractivity contribution in [1.82, 2.24) is 10.2 Å². The smallest absolute Gasteiger partial charge is 0.323 e. The molecule has 0 atom stereocenters. The van der Waals surface area contributed by atoms with Crippen LogP contribution in [-0.2, 0) is 4.79 Å². The van der Waals surface area contributed by atoms with E-state index in [4.69, 9.17) is 0 Å². The first kappa shape index (κ1) is 18.2. The topological polar surface area (TPSA) is 66.5 Å². The Hall–Kier alpha value is -2.17. The van der Waals surface area contributed by atoms with E-state index in [0.717, 1.165) is 24.2 Å². The van der Waals surface area contributed by atoms with Gasteiger partial charge in [-0.15, -0.1) is 0 Å². The molecule has 3 amide bonds. The maximum atomic E-state index is 12.8. The van der Waals surface area contributed by atoms with Gasteiger partial charge in [0.2, 0.25) is 0 Å². The summed E-state index contributed by atoms with van der Waals surface area (Å²) in [6.07, 6.45) is 10.6. The van der Waals surface area contributed by atoms with Gasteiger partial charge in [0.15, 0.2) is 5.78 Å². The van der Waals surface area contributed by atoms with E-state index in [9.17, 15) is 14.4 Å². The minimum atomic E-state index is -0.763. The van der Waals surface area contributed by atoms with Crippen molar-refractivity contribution in [3.05, 3.63) is 35.4 Å². The monoisotopic (exact) mass is 368 g/mol. The van der Waals surface area contributed by atoms with Gasteiger partial charge in [0.1, 0.15) is 5.54 Å². The second-order valence-electron chi connectivity index (χ2n) is 8.34. The van der Waals surface area contributed by atoms with Gasteiger partial charge < -0.3 is 5.32 Å². The van der Waals surface area contributed by atoms with Crippen molar-refractivity contribution in [2.45, 2.75) is 75.7 Å². The molecule has 0 unspecified atom stereocenters. The van der Waals surface area contributed by atoms with E-state index in [1.54, 1.807) is 0 Å². The molecule has 1 aromatic rings. The number of Topliss-reactive ketones (excluding diaryl/α,β-unsaturated/α-hetero) is 1. The van der Waals surface area contributed by atoms with Crippen LogP contribution in [0.4, 0.5) is 4.79 Å². The predicted molar refractivity (Wildman–Crippen MR) is 103 cm³/mol. The van der Waals surface area contributed by atoms with E-state index in [1.807, 2.05) is 24.3 Å². The van der Waals surface area contributed by atoms with Crippen molar-refractivity contribution in [3.8, 4) is 0 Å². The van der Waals surface area contributed by atoms with Gasteiger partial charge in [-0.25, -0.2) is 4.79 Å². The molecular weight excluding hydrogens is 340 g/mol. The molecule has 27 heavy (non-hydrogen) atoms. The van der Waals surface area contributed by atoms with Crippen molar-refractivity contribution in [2.24, 2.45) is 0 Å². The Bertz CT molecular complexity index is 728. The van der Waals surface area contributed by atoms with Gasteiger partial charge in [0.25, 0.3) is 5.91 Å². The van der Waals surface area contributed by atoms with Crippen LogP contribution in [-0.4, -0.2) is 34.7 Å². The van der Waals surface area contributed by atoms with Crippen LogP contribution in [0.25, 0.3) is 0 Å². The highest BCUT2D eigenvalue weighted by atomic mass is 16.2. The number of imide groups is 1. The third kappa shape index (κ3) is 3.52. The van der Waals surface area contributed by atoms with Crippen molar-refractivity contribution in [1.29, 1.82) is 0 Å². The van der Waals surface area contributed by atoms with Crippen LogP contribution < -0.4 is 5.32 Å². The molecule has 5 nitrogen and oxygen atoms in total. The van der Waals surface area contributed by atoms with Crippen LogP contribution >= 0.6 is 0 Å². The molecule has 0 aromatic heterocycles. The SMILES string of the molecule is O=C(CN1C(=O)NC2(CCCCC2)C1=O)c1ccc(C2CCCCC2)cc1. The standard InChI is InChI=1S/C22H28N2O3/c25-19(18-11-9-17(10-12-18)16-7-3-1-4-8-16)15-24-20(26)22(23-21(24)27)13-5-2-6-14-22/h9-12,16H,1-8,13-15H2,(H,23,27). The van der Waals surface area contributed by atoms with Gasteiger partial charge in [-0.2, -0.15) is 0 Å². The molecule has 1 saturated heterocycles. The van der Waals surface area contributed by atoms with Crippen LogP contribution in [0.3, 0.4) is 0 Å². The number of nitrogens with zero attached hydrogens (tertiary/aromatic N) is 1. The summed E-state index contributed by atoms with van der Waals surface area (Å²) < 4.78 is 0. The van der Waals surface area contributed by atoms with Crippen LogP contribution in [0, 0.1) is 0 Å². The lowest BCUT2D eigenvalue weighted by Crippen LogP contribution is -2.48. The van der Waals surface area contributed by atoms with Crippen LogP contribution in [0.15, 0.2) is 24.3 Å². The number of rotatable bonds is 4. The third-order valence-corrected chi connectivity index (χ3v) is 6.56. The fraction of sp³-hybridized carbons (Fsp3) is 0.591. The van der Waals surface area contributed by atoms with E-state index in [2.05, 4.69) is 5.32 Å². The normalized spacial score (nSPS) is 22.9. The maximum absolute atomic E-state index is 12.8. The highest BCUT2D eigenvalue weighted by molar-refractivity contribution is 6.11. The molecule has 1 N–H and O–H groups in total. The Kier molecular flexibility index (Phi) is 5.02. The molecule has 144 valence electrons. The van der Waals surface area contributed by atoms with Gasteiger partial charge in [-0.1, -0.05) is 62.8 Å². The van der Waals surface area contributed by atoms with Gasteiger partial charge in [0.05, 0.1) is 6.54 Å². The second-order valence-corrected chi connectivity index (χ2v) is 8.34. The molecule has 1 aromatic carbocycles. The number of ketones is 1. The number of hydrogen-bond donors (Lipinski definition) is 1. The molecule has 4 rings (SSSR count). The highest BCUT2D eigenvalue weighted by Crippen LogP contribution is 2.34. The second kappa shape index (κ2) is 7.45. The fourth-order valence-corrected chi connectivity index (χ4v) is 4.93. The number of amides is 3. The predicted octanol–water partition coefficient (Wildman–Crippen LogP) is 4.17. The van der Waals surface area contributed by atoms with Crippen molar-refractivity contribution >= 4 is 17.7 Å². The molecule has 1 aliphatic heterocycles. The summed E-state index contributed by atoms with van der Waals surface area (Å²) in [5, 5.41) is 2.86. The van der Waals surface area contributed by atoms with E-state index >= 15 is 0 Å². The summed E-state index contributed by atoms with van der Waals surface area (Å²) in [7, 11) is 0. The first-order valence-electron chi connectivity index (χ1n) is 10.4. The van der Waals surface area contributed by atoms with E-state index < -0.39 is 11.6 Å². The first-order valence-corrected chi connectivity index (χ1v) is 10.4. The Labute approximate surface area is 160 Å². The lowest BCUT2D eigenvalue weighted by atomic mass is 9.81. The number of nitrogens with one attached hydrogen (secondary N) is 1. The average molecular weight is 368 g/mol. The van der Waals surface area contributed by atoms with Crippen LogP contribution in [0.1, 0.15) is 86.0 Å². The number of hydrogen-bond acceptors (Lipinski definition) is 3. The molecule has 3 aliphatic rings. The number of carbonyl (C=O) groups is 3. The Morgan fingerprint density at radius 2 is 1.59 bits per heavy atom. The molecule has 1 heterocycles. The van der Waals surface area contributed by atoms with Crippen molar-refractivity contribution in [3.63, 3.8) is 0 Å². The van der Waals surface area contributed by atoms with Crippen LogP contribution in [0.5, 0.6) is 0 Å². The van der Waals surface area contributed by atoms with Crippen molar-refractivity contribution in [2.75, 3.05) is 6.54 Å². The molecule has 3 fully saturated rings. The molecule has 1 spiro atoms. The zero-order valence-electron chi connectivity index (χ0n) is 15.8. The van der Waals surface area contributed by atoms with Gasteiger partial charge in [-0.3, -0.25) is 14.5 Å². The zero-order valence-corrected chi connectivity index (χ0v) is 15.8. The third-order valence-electron chi connectivity index (χ3n) is 6.56. The number of urea groups is 1. The molecule has 0 bridgehead atoms. The largest absolute Gasteiger partial charge is 0.325 e. The quantitative estimate of drug-likeness (QED) is 0.641. The number of benzene rings is 1.